The quantitative estimate of drug-likeness (QED) is 0.680. The number of hydrogen-bond donors (Lipinski definition) is 0. The molecule has 1 fully saturated rings. The van der Waals surface area contributed by atoms with Gasteiger partial charge < -0.3 is 9.47 Å². The van der Waals surface area contributed by atoms with Crippen molar-refractivity contribution in [2.45, 2.75) is 13.8 Å². The Kier molecular flexibility index (Phi) is 3.66. The number of ether oxygens (including phenoxy) is 2. The van der Waals surface area contributed by atoms with Crippen molar-refractivity contribution >= 4 is 27.5 Å². The van der Waals surface area contributed by atoms with Crippen LogP contribution in [0.2, 0.25) is 0 Å². The van der Waals surface area contributed by atoms with Crippen LogP contribution in [0.1, 0.15) is 22.3 Å². The van der Waals surface area contributed by atoms with Gasteiger partial charge in [0.15, 0.2) is 0 Å². The smallest absolute Gasteiger partial charge is 0.348 e. The molecule has 3 aromatic rings. The van der Waals surface area contributed by atoms with Crippen molar-refractivity contribution in [3.05, 3.63) is 47.0 Å². The monoisotopic (exact) mass is 342 g/mol. The van der Waals surface area contributed by atoms with E-state index in [0.29, 0.717) is 24.7 Å². The number of carbonyl (C=O) groups is 1. The van der Waals surface area contributed by atoms with E-state index in [0.717, 1.165) is 21.6 Å². The van der Waals surface area contributed by atoms with E-state index in [-0.39, 0.29) is 11.4 Å². The summed E-state index contributed by atoms with van der Waals surface area (Å²) in [6.45, 7) is 5.70. The van der Waals surface area contributed by atoms with Crippen molar-refractivity contribution < 1.29 is 14.3 Å². The molecule has 1 aliphatic rings. The second-order valence-electron chi connectivity index (χ2n) is 6.54. The van der Waals surface area contributed by atoms with Crippen LogP contribution in [0, 0.1) is 12.3 Å². The number of rotatable bonds is 4. The van der Waals surface area contributed by atoms with Crippen LogP contribution in [-0.4, -0.2) is 35.6 Å². The molecule has 6 heteroatoms. The molecule has 1 aromatic carbocycles. The topological polar surface area (TPSA) is 53.4 Å². The first-order chi connectivity index (χ1) is 11.6. The average Bonchev–Trinajstić information content (AvgIpc) is 3.13. The number of thiophene rings is 1. The fourth-order valence-electron chi connectivity index (χ4n) is 2.74. The standard InChI is InChI=1S/C18H18N2O3S/c1-12-14-8-15(17(21)23-11-18(2)9-22-10-18)24-16(14)20(19-12)13-6-4-3-5-7-13/h3-8H,9-11H2,1-2H3. The van der Waals surface area contributed by atoms with Crippen molar-refractivity contribution in [1.82, 2.24) is 9.78 Å². The summed E-state index contributed by atoms with van der Waals surface area (Å²) in [7, 11) is 0. The molecule has 5 nitrogen and oxygen atoms in total. The average molecular weight is 342 g/mol. The summed E-state index contributed by atoms with van der Waals surface area (Å²) in [5.41, 5.74) is 1.85. The molecule has 2 aromatic heterocycles. The van der Waals surface area contributed by atoms with Gasteiger partial charge in [-0.2, -0.15) is 5.10 Å². The number of aromatic nitrogens is 2. The lowest BCUT2D eigenvalue weighted by Crippen LogP contribution is -2.44. The Morgan fingerprint density at radius 2 is 2.12 bits per heavy atom. The van der Waals surface area contributed by atoms with E-state index in [1.807, 2.05) is 48.0 Å². The van der Waals surface area contributed by atoms with Gasteiger partial charge >= 0.3 is 5.97 Å². The normalized spacial score (nSPS) is 16.1. The van der Waals surface area contributed by atoms with Crippen molar-refractivity contribution in [3.8, 4) is 5.69 Å². The number of hydrogen-bond acceptors (Lipinski definition) is 5. The maximum atomic E-state index is 12.4. The zero-order valence-electron chi connectivity index (χ0n) is 13.6. The highest BCUT2D eigenvalue weighted by Crippen LogP contribution is 2.32. The predicted octanol–water partition coefficient (Wildman–Crippen LogP) is 3.59. The Hall–Kier alpha value is -2.18. The minimum atomic E-state index is -0.275. The number of carbonyl (C=O) groups excluding carboxylic acids is 1. The SMILES string of the molecule is Cc1nn(-c2ccccc2)c2sc(C(=O)OCC3(C)COC3)cc12. The third-order valence-corrected chi connectivity index (χ3v) is 5.29. The van der Waals surface area contributed by atoms with Gasteiger partial charge in [-0.05, 0) is 25.1 Å². The number of fused-ring (bicyclic) bond motifs is 1. The van der Waals surface area contributed by atoms with Gasteiger partial charge in [0.05, 0.1) is 24.6 Å². The molecule has 0 aliphatic carbocycles. The van der Waals surface area contributed by atoms with Gasteiger partial charge in [0.1, 0.15) is 16.3 Å². The van der Waals surface area contributed by atoms with Gasteiger partial charge in [0.2, 0.25) is 0 Å². The van der Waals surface area contributed by atoms with Crippen LogP contribution in [0.15, 0.2) is 36.4 Å². The molecule has 0 amide bonds. The highest BCUT2D eigenvalue weighted by Gasteiger charge is 2.35. The van der Waals surface area contributed by atoms with Gasteiger partial charge in [0.25, 0.3) is 0 Å². The molecule has 0 radical (unpaired) electrons. The number of para-hydroxylation sites is 1. The van der Waals surface area contributed by atoms with Gasteiger partial charge in [-0.15, -0.1) is 11.3 Å². The van der Waals surface area contributed by atoms with Crippen LogP contribution >= 0.6 is 11.3 Å². The summed E-state index contributed by atoms with van der Waals surface area (Å²) in [6.07, 6.45) is 0. The van der Waals surface area contributed by atoms with E-state index in [4.69, 9.17) is 9.47 Å². The van der Waals surface area contributed by atoms with Gasteiger partial charge in [-0.25, -0.2) is 9.48 Å². The minimum absolute atomic E-state index is 0.0386. The van der Waals surface area contributed by atoms with Crippen molar-refractivity contribution in [2.24, 2.45) is 5.41 Å². The molecule has 4 rings (SSSR count). The van der Waals surface area contributed by atoms with E-state index in [9.17, 15) is 4.79 Å². The highest BCUT2D eigenvalue weighted by atomic mass is 32.1. The number of aryl methyl sites for hydroxylation is 1. The maximum absolute atomic E-state index is 12.4. The van der Waals surface area contributed by atoms with E-state index < -0.39 is 0 Å². The molecule has 1 saturated heterocycles. The third kappa shape index (κ3) is 2.61. The largest absolute Gasteiger partial charge is 0.461 e. The van der Waals surface area contributed by atoms with E-state index >= 15 is 0 Å². The lowest BCUT2D eigenvalue weighted by molar-refractivity contribution is -0.127. The fraction of sp³-hybridized carbons (Fsp3) is 0.333. The van der Waals surface area contributed by atoms with Crippen LogP contribution in [0.4, 0.5) is 0 Å². The second-order valence-corrected chi connectivity index (χ2v) is 7.57. The Labute approximate surface area is 143 Å². The minimum Gasteiger partial charge on any atom is -0.461 e. The Bertz CT molecular complexity index is 894. The highest BCUT2D eigenvalue weighted by molar-refractivity contribution is 7.20. The summed E-state index contributed by atoms with van der Waals surface area (Å²) < 4.78 is 12.6. The molecule has 0 unspecified atom stereocenters. The number of nitrogens with zero attached hydrogens (tertiary/aromatic N) is 2. The zero-order valence-corrected chi connectivity index (χ0v) is 14.4. The lowest BCUT2D eigenvalue weighted by atomic mass is 9.90. The second kappa shape index (κ2) is 5.72. The zero-order chi connectivity index (χ0) is 16.7. The first kappa shape index (κ1) is 15.4. The molecular weight excluding hydrogens is 324 g/mol. The molecule has 124 valence electrons. The van der Waals surface area contributed by atoms with Gasteiger partial charge in [-0.1, -0.05) is 25.1 Å². The summed E-state index contributed by atoms with van der Waals surface area (Å²) >= 11 is 1.42. The first-order valence-corrected chi connectivity index (χ1v) is 8.67. The van der Waals surface area contributed by atoms with Crippen molar-refractivity contribution in [3.63, 3.8) is 0 Å². The molecule has 24 heavy (non-hydrogen) atoms. The Balaban J connectivity index is 1.62. The maximum Gasteiger partial charge on any atom is 0.348 e. The van der Waals surface area contributed by atoms with Crippen LogP contribution < -0.4 is 0 Å². The fourth-order valence-corrected chi connectivity index (χ4v) is 3.81. The molecule has 3 heterocycles. The summed E-state index contributed by atoms with van der Waals surface area (Å²) in [4.78, 5) is 13.9. The molecule has 0 atom stereocenters. The van der Waals surface area contributed by atoms with Crippen molar-refractivity contribution in [1.29, 1.82) is 0 Å². The van der Waals surface area contributed by atoms with Crippen LogP contribution in [-0.2, 0) is 9.47 Å². The lowest BCUT2D eigenvalue weighted by Gasteiger charge is -2.37. The molecule has 0 N–H and O–H groups in total. The Morgan fingerprint density at radius 1 is 1.38 bits per heavy atom. The van der Waals surface area contributed by atoms with Crippen molar-refractivity contribution in [2.75, 3.05) is 19.8 Å². The summed E-state index contributed by atoms with van der Waals surface area (Å²) in [5.74, 6) is -0.275. The Morgan fingerprint density at radius 3 is 2.79 bits per heavy atom. The van der Waals surface area contributed by atoms with Crippen LogP contribution in [0.5, 0.6) is 0 Å². The molecule has 1 aliphatic heterocycles. The molecular formula is C18H18N2O3S. The number of benzene rings is 1. The number of esters is 1. The molecule has 0 spiro atoms. The molecule has 0 saturated carbocycles. The predicted molar refractivity (Wildman–Crippen MR) is 92.9 cm³/mol. The van der Waals surface area contributed by atoms with Gasteiger partial charge in [0, 0.05) is 10.8 Å². The first-order valence-electron chi connectivity index (χ1n) is 7.85. The van der Waals surface area contributed by atoms with Crippen LogP contribution in [0.25, 0.3) is 15.9 Å². The van der Waals surface area contributed by atoms with E-state index in [1.54, 1.807) is 0 Å². The molecule has 0 bridgehead atoms. The van der Waals surface area contributed by atoms with Gasteiger partial charge in [-0.3, -0.25) is 0 Å². The third-order valence-electron chi connectivity index (χ3n) is 4.20. The summed E-state index contributed by atoms with van der Waals surface area (Å²) in [5, 5.41) is 5.58. The van der Waals surface area contributed by atoms with Crippen LogP contribution in [0.3, 0.4) is 0 Å². The summed E-state index contributed by atoms with van der Waals surface area (Å²) in [6, 6.07) is 11.8. The van der Waals surface area contributed by atoms with E-state index in [2.05, 4.69) is 12.0 Å². The van der Waals surface area contributed by atoms with E-state index in [1.165, 1.54) is 11.3 Å².